The van der Waals surface area contributed by atoms with Crippen molar-refractivity contribution >= 4 is 0 Å². The summed E-state index contributed by atoms with van der Waals surface area (Å²) in [5.74, 6) is 0.777. The predicted octanol–water partition coefficient (Wildman–Crippen LogP) is 3.12. The van der Waals surface area contributed by atoms with E-state index in [2.05, 4.69) is 30.4 Å². The molecule has 1 aliphatic heterocycles. The zero-order valence-corrected chi connectivity index (χ0v) is 12.7. The molecule has 1 aromatic rings. The SMILES string of the molecule is CCc1ccc2c(c1)CC(OCC1CCNCC1)CC2. The van der Waals surface area contributed by atoms with Crippen LogP contribution in [-0.2, 0) is 24.0 Å². The highest BCUT2D eigenvalue weighted by Crippen LogP contribution is 2.25. The first-order chi connectivity index (χ1) is 9.85. The molecule has 3 rings (SSSR count). The molecule has 0 amide bonds. The van der Waals surface area contributed by atoms with E-state index in [9.17, 15) is 0 Å². The molecule has 20 heavy (non-hydrogen) atoms. The summed E-state index contributed by atoms with van der Waals surface area (Å²) in [5, 5.41) is 3.42. The Morgan fingerprint density at radius 2 is 2.00 bits per heavy atom. The number of nitrogens with one attached hydrogen (secondary N) is 1. The van der Waals surface area contributed by atoms with Crippen molar-refractivity contribution in [1.29, 1.82) is 0 Å². The van der Waals surface area contributed by atoms with Gasteiger partial charge in [-0.15, -0.1) is 0 Å². The van der Waals surface area contributed by atoms with E-state index in [4.69, 9.17) is 4.74 Å². The Kier molecular flexibility index (Phi) is 4.74. The number of benzene rings is 1. The maximum Gasteiger partial charge on any atom is 0.0618 e. The molecule has 1 atom stereocenters. The van der Waals surface area contributed by atoms with Crippen LogP contribution in [0.3, 0.4) is 0 Å². The van der Waals surface area contributed by atoms with Crippen LogP contribution in [0.2, 0.25) is 0 Å². The van der Waals surface area contributed by atoms with Gasteiger partial charge in [0, 0.05) is 6.61 Å². The minimum atomic E-state index is 0.449. The summed E-state index contributed by atoms with van der Waals surface area (Å²) in [4.78, 5) is 0. The Bertz CT molecular complexity index is 437. The van der Waals surface area contributed by atoms with E-state index >= 15 is 0 Å². The van der Waals surface area contributed by atoms with Crippen LogP contribution in [0.5, 0.6) is 0 Å². The summed E-state index contributed by atoms with van der Waals surface area (Å²) >= 11 is 0. The Balaban J connectivity index is 1.54. The Labute approximate surface area is 122 Å². The first kappa shape index (κ1) is 14.1. The monoisotopic (exact) mass is 273 g/mol. The second-order valence-electron chi connectivity index (χ2n) is 6.35. The molecule has 1 aliphatic carbocycles. The normalized spacial score (nSPS) is 23.6. The van der Waals surface area contributed by atoms with Gasteiger partial charge in [0.15, 0.2) is 0 Å². The Morgan fingerprint density at radius 3 is 2.80 bits per heavy atom. The van der Waals surface area contributed by atoms with Gasteiger partial charge >= 0.3 is 0 Å². The average molecular weight is 273 g/mol. The van der Waals surface area contributed by atoms with E-state index in [-0.39, 0.29) is 0 Å². The van der Waals surface area contributed by atoms with E-state index in [1.807, 2.05) is 0 Å². The van der Waals surface area contributed by atoms with E-state index in [0.29, 0.717) is 6.10 Å². The molecule has 0 bridgehead atoms. The molecule has 2 heteroatoms. The fourth-order valence-electron chi connectivity index (χ4n) is 3.46. The number of hydrogen-bond donors (Lipinski definition) is 1. The summed E-state index contributed by atoms with van der Waals surface area (Å²) in [6.07, 6.45) is 7.65. The summed E-state index contributed by atoms with van der Waals surface area (Å²) < 4.78 is 6.23. The number of hydrogen-bond acceptors (Lipinski definition) is 2. The van der Waals surface area contributed by atoms with Gasteiger partial charge in [-0.3, -0.25) is 0 Å². The number of rotatable bonds is 4. The van der Waals surface area contributed by atoms with Crippen molar-refractivity contribution in [2.45, 2.75) is 51.6 Å². The highest BCUT2D eigenvalue weighted by molar-refractivity contribution is 5.34. The fourth-order valence-corrected chi connectivity index (χ4v) is 3.46. The third-order valence-corrected chi connectivity index (χ3v) is 4.89. The Hall–Kier alpha value is -0.860. The van der Waals surface area contributed by atoms with E-state index in [0.717, 1.165) is 25.4 Å². The van der Waals surface area contributed by atoms with Crippen molar-refractivity contribution in [3.63, 3.8) is 0 Å². The summed E-state index contributed by atoms with van der Waals surface area (Å²) in [6, 6.07) is 7.02. The van der Waals surface area contributed by atoms with Gasteiger partial charge < -0.3 is 10.1 Å². The van der Waals surface area contributed by atoms with Crippen LogP contribution in [-0.4, -0.2) is 25.8 Å². The Morgan fingerprint density at radius 1 is 1.15 bits per heavy atom. The molecule has 1 aromatic carbocycles. The molecule has 2 aliphatic rings. The molecule has 1 fully saturated rings. The molecular formula is C18H27NO. The van der Waals surface area contributed by atoms with Crippen LogP contribution < -0.4 is 5.32 Å². The van der Waals surface area contributed by atoms with Crippen LogP contribution in [0.1, 0.15) is 42.9 Å². The third kappa shape index (κ3) is 3.42. The van der Waals surface area contributed by atoms with Gasteiger partial charge in [-0.1, -0.05) is 25.1 Å². The second-order valence-corrected chi connectivity index (χ2v) is 6.35. The van der Waals surface area contributed by atoms with Crippen molar-refractivity contribution in [1.82, 2.24) is 5.32 Å². The third-order valence-electron chi connectivity index (χ3n) is 4.89. The van der Waals surface area contributed by atoms with Crippen molar-refractivity contribution in [3.8, 4) is 0 Å². The molecule has 0 radical (unpaired) electrons. The fraction of sp³-hybridized carbons (Fsp3) is 0.667. The minimum absolute atomic E-state index is 0.449. The van der Waals surface area contributed by atoms with Crippen molar-refractivity contribution < 1.29 is 4.74 Å². The van der Waals surface area contributed by atoms with Crippen molar-refractivity contribution in [2.24, 2.45) is 5.92 Å². The standard InChI is InChI=1S/C18H27NO/c1-2-14-3-4-16-5-6-18(12-17(16)11-14)20-13-15-7-9-19-10-8-15/h3-4,11,15,18-19H,2,5-10,12-13H2,1H3. The molecule has 1 N–H and O–H groups in total. The van der Waals surface area contributed by atoms with E-state index in [1.54, 1.807) is 5.56 Å². The van der Waals surface area contributed by atoms with E-state index in [1.165, 1.54) is 49.9 Å². The number of aryl methyl sites for hydroxylation is 2. The zero-order valence-electron chi connectivity index (χ0n) is 12.7. The summed E-state index contributed by atoms with van der Waals surface area (Å²) in [7, 11) is 0. The van der Waals surface area contributed by atoms with Crippen molar-refractivity contribution in [2.75, 3.05) is 19.7 Å². The van der Waals surface area contributed by atoms with Crippen LogP contribution in [0, 0.1) is 5.92 Å². The number of fused-ring (bicyclic) bond motifs is 1. The van der Waals surface area contributed by atoms with Gasteiger partial charge in [-0.25, -0.2) is 0 Å². The van der Waals surface area contributed by atoms with Gasteiger partial charge in [0.05, 0.1) is 6.10 Å². The van der Waals surface area contributed by atoms with Crippen LogP contribution >= 0.6 is 0 Å². The molecular weight excluding hydrogens is 246 g/mol. The zero-order chi connectivity index (χ0) is 13.8. The molecule has 2 nitrogen and oxygen atoms in total. The molecule has 1 unspecified atom stereocenters. The van der Waals surface area contributed by atoms with Gasteiger partial charge in [0.25, 0.3) is 0 Å². The van der Waals surface area contributed by atoms with Crippen molar-refractivity contribution in [3.05, 3.63) is 34.9 Å². The van der Waals surface area contributed by atoms with E-state index < -0.39 is 0 Å². The molecule has 0 spiro atoms. The lowest BCUT2D eigenvalue weighted by Gasteiger charge is -2.28. The lowest BCUT2D eigenvalue weighted by molar-refractivity contribution is 0.0151. The molecule has 0 aromatic heterocycles. The first-order valence-corrected chi connectivity index (χ1v) is 8.28. The quantitative estimate of drug-likeness (QED) is 0.910. The lowest BCUT2D eigenvalue weighted by Crippen LogP contribution is -2.32. The van der Waals surface area contributed by atoms with Crippen LogP contribution in [0.15, 0.2) is 18.2 Å². The summed E-state index contributed by atoms with van der Waals surface area (Å²) in [6.45, 7) is 5.54. The molecule has 1 saturated heterocycles. The highest BCUT2D eigenvalue weighted by Gasteiger charge is 2.21. The second kappa shape index (κ2) is 6.73. The average Bonchev–Trinajstić information content (AvgIpc) is 2.53. The maximum absolute atomic E-state index is 6.23. The lowest BCUT2D eigenvalue weighted by atomic mass is 9.88. The number of piperidine rings is 1. The molecule has 0 saturated carbocycles. The summed E-state index contributed by atoms with van der Waals surface area (Å²) in [5.41, 5.74) is 4.54. The topological polar surface area (TPSA) is 21.3 Å². The molecule has 110 valence electrons. The maximum atomic E-state index is 6.23. The van der Waals surface area contributed by atoms with Gasteiger partial charge in [0.1, 0.15) is 0 Å². The van der Waals surface area contributed by atoms with Gasteiger partial charge in [-0.2, -0.15) is 0 Å². The van der Waals surface area contributed by atoms with Gasteiger partial charge in [0.2, 0.25) is 0 Å². The first-order valence-electron chi connectivity index (χ1n) is 8.28. The number of ether oxygens (including phenoxy) is 1. The highest BCUT2D eigenvalue weighted by atomic mass is 16.5. The molecule has 1 heterocycles. The predicted molar refractivity (Wildman–Crippen MR) is 83.2 cm³/mol. The van der Waals surface area contributed by atoms with Gasteiger partial charge in [-0.05, 0) is 74.2 Å². The largest absolute Gasteiger partial charge is 0.378 e. The smallest absolute Gasteiger partial charge is 0.0618 e. The minimum Gasteiger partial charge on any atom is -0.378 e. The van der Waals surface area contributed by atoms with Crippen LogP contribution in [0.4, 0.5) is 0 Å². The van der Waals surface area contributed by atoms with Crippen LogP contribution in [0.25, 0.3) is 0 Å².